The second kappa shape index (κ2) is 5.38. The predicted octanol–water partition coefficient (Wildman–Crippen LogP) is 1.53. The van der Waals surface area contributed by atoms with Crippen LogP contribution in [0.2, 0.25) is 0 Å². The molecule has 0 aromatic rings. The molecule has 2 amide bonds. The molecule has 0 aliphatic carbocycles. The van der Waals surface area contributed by atoms with E-state index in [0.29, 0.717) is 19.0 Å². The first-order valence-electron chi connectivity index (χ1n) is 6.46. The minimum absolute atomic E-state index is 0.157. The average molecular weight is 240 g/mol. The van der Waals surface area contributed by atoms with Crippen molar-refractivity contribution in [3.05, 3.63) is 0 Å². The van der Waals surface area contributed by atoms with Gasteiger partial charge in [0.15, 0.2) is 0 Å². The highest BCUT2D eigenvalue weighted by molar-refractivity contribution is 5.77. The molecule has 1 N–H and O–H groups in total. The zero-order valence-electron chi connectivity index (χ0n) is 10.1. The molecule has 5 nitrogen and oxygen atoms in total. The van der Waals surface area contributed by atoms with Gasteiger partial charge in [-0.3, -0.25) is 4.79 Å². The van der Waals surface area contributed by atoms with Gasteiger partial charge in [-0.05, 0) is 32.1 Å². The maximum absolute atomic E-state index is 12.0. The lowest BCUT2D eigenvalue weighted by Crippen LogP contribution is -2.38. The summed E-state index contributed by atoms with van der Waals surface area (Å²) < 4.78 is 0. The number of rotatable bonds is 5. The molecule has 0 aromatic heterocycles. The van der Waals surface area contributed by atoms with Crippen LogP contribution >= 0.6 is 0 Å². The third-order valence-electron chi connectivity index (χ3n) is 3.64. The third-order valence-corrected chi connectivity index (χ3v) is 3.64. The molecule has 0 radical (unpaired) electrons. The topological polar surface area (TPSA) is 60.9 Å². The molecule has 2 heterocycles. The number of carbonyl (C=O) groups excluding carboxylic acids is 1. The van der Waals surface area contributed by atoms with Crippen molar-refractivity contribution in [3.8, 4) is 0 Å². The number of nitrogens with zero attached hydrogens (tertiary/aromatic N) is 2. The summed E-state index contributed by atoms with van der Waals surface area (Å²) >= 11 is 0. The van der Waals surface area contributed by atoms with Gasteiger partial charge in [-0.25, -0.2) is 4.79 Å². The van der Waals surface area contributed by atoms with Crippen molar-refractivity contribution in [3.63, 3.8) is 0 Å². The van der Waals surface area contributed by atoms with Gasteiger partial charge in [0.2, 0.25) is 0 Å². The summed E-state index contributed by atoms with van der Waals surface area (Å²) in [6.07, 6.45) is 5.12. The van der Waals surface area contributed by atoms with Crippen molar-refractivity contribution in [1.82, 2.24) is 9.80 Å². The molecule has 0 saturated carbocycles. The number of urea groups is 1. The van der Waals surface area contributed by atoms with Gasteiger partial charge < -0.3 is 14.9 Å². The lowest BCUT2D eigenvalue weighted by molar-refractivity contribution is -0.137. The summed E-state index contributed by atoms with van der Waals surface area (Å²) in [5.41, 5.74) is 0. The van der Waals surface area contributed by atoms with Gasteiger partial charge in [0, 0.05) is 26.1 Å². The minimum atomic E-state index is -0.754. The Morgan fingerprint density at radius 2 is 2.18 bits per heavy atom. The number of carboxylic acids is 1. The molecule has 2 rings (SSSR count). The molecule has 1 unspecified atom stereocenters. The van der Waals surface area contributed by atoms with E-state index in [4.69, 9.17) is 5.11 Å². The first-order chi connectivity index (χ1) is 8.18. The molecule has 1 atom stereocenters. The normalized spacial score (nSPS) is 24.0. The van der Waals surface area contributed by atoms with Gasteiger partial charge in [-0.2, -0.15) is 0 Å². The number of carboxylic acid groups (broad SMARTS) is 1. The number of hydrogen-bond acceptors (Lipinski definition) is 2. The summed E-state index contributed by atoms with van der Waals surface area (Å²) in [5.74, 6) is -0.754. The van der Waals surface area contributed by atoms with Gasteiger partial charge in [-0.15, -0.1) is 0 Å². The van der Waals surface area contributed by atoms with Gasteiger partial charge in [0.05, 0.1) is 6.04 Å². The van der Waals surface area contributed by atoms with Crippen LogP contribution in [-0.4, -0.2) is 52.6 Å². The fraction of sp³-hybridized carbons (Fsp3) is 0.833. The molecule has 2 saturated heterocycles. The van der Waals surface area contributed by atoms with E-state index in [0.717, 1.165) is 32.4 Å². The van der Waals surface area contributed by atoms with Crippen molar-refractivity contribution < 1.29 is 14.7 Å². The Labute approximate surface area is 101 Å². The second-order valence-electron chi connectivity index (χ2n) is 4.92. The number of aliphatic carboxylic acids is 1. The highest BCUT2D eigenvalue weighted by atomic mass is 16.4. The van der Waals surface area contributed by atoms with E-state index < -0.39 is 5.97 Å². The number of amides is 2. The number of hydrogen-bond donors (Lipinski definition) is 1. The van der Waals surface area contributed by atoms with E-state index in [1.807, 2.05) is 9.80 Å². The summed E-state index contributed by atoms with van der Waals surface area (Å²) in [6.45, 7) is 2.44. The lowest BCUT2D eigenvalue weighted by Gasteiger charge is -2.27. The number of carbonyl (C=O) groups is 2. The number of piperidine rings is 1. The first kappa shape index (κ1) is 12.2. The smallest absolute Gasteiger partial charge is 0.320 e. The Bertz CT molecular complexity index is 306. The molecule has 5 heteroatoms. The highest BCUT2D eigenvalue weighted by Crippen LogP contribution is 2.25. The average Bonchev–Trinajstić information content (AvgIpc) is 2.63. The zero-order chi connectivity index (χ0) is 12.3. The summed E-state index contributed by atoms with van der Waals surface area (Å²) in [6, 6.07) is 0.570. The first-order valence-corrected chi connectivity index (χ1v) is 6.46. The van der Waals surface area contributed by atoms with Crippen molar-refractivity contribution in [2.45, 2.75) is 44.6 Å². The molecule has 17 heavy (non-hydrogen) atoms. The minimum Gasteiger partial charge on any atom is -0.481 e. The SMILES string of the molecule is O=C(O)CCCCN1CC2CCCCN2C1=O. The Morgan fingerprint density at radius 3 is 2.88 bits per heavy atom. The van der Waals surface area contributed by atoms with Gasteiger partial charge in [-0.1, -0.05) is 0 Å². The molecular formula is C12H20N2O3. The van der Waals surface area contributed by atoms with Crippen molar-refractivity contribution >= 4 is 12.0 Å². The quantitative estimate of drug-likeness (QED) is 0.741. The van der Waals surface area contributed by atoms with Crippen LogP contribution in [0, 0.1) is 0 Å². The number of unbranched alkanes of at least 4 members (excludes halogenated alkanes) is 1. The van der Waals surface area contributed by atoms with Crippen LogP contribution in [0.15, 0.2) is 0 Å². The van der Waals surface area contributed by atoms with E-state index >= 15 is 0 Å². The van der Waals surface area contributed by atoms with Crippen LogP contribution in [0.4, 0.5) is 4.79 Å². The van der Waals surface area contributed by atoms with Crippen molar-refractivity contribution in [1.29, 1.82) is 0 Å². The van der Waals surface area contributed by atoms with Gasteiger partial charge in [0.1, 0.15) is 0 Å². The lowest BCUT2D eigenvalue weighted by atomic mass is 10.0. The number of fused-ring (bicyclic) bond motifs is 1. The summed E-state index contributed by atoms with van der Waals surface area (Å²) in [5, 5.41) is 8.54. The van der Waals surface area contributed by atoms with E-state index in [1.165, 1.54) is 6.42 Å². The summed E-state index contributed by atoms with van der Waals surface area (Å²) in [4.78, 5) is 26.3. The van der Waals surface area contributed by atoms with E-state index in [1.54, 1.807) is 0 Å². The monoisotopic (exact) mass is 240 g/mol. The zero-order valence-corrected chi connectivity index (χ0v) is 10.1. The van der Waals surface area contributed by atoms with Crippen LogP contribution in [0.5, 0.6) is 0 Å². The molecule has 2 aliphatic heterocycles. The molecule has 0 bridgehead atoms. The molecule has 96 valence electrons. The molecule has 0 spiro atoms. The Morgan fingerprint density at radius 1 is 1.35 bits per heavy atom. The van der Waals surface area contributed by atoms with Gasteiger partial charge >= 0.3 is 12.0 Å². The highest BCUT2D eigenvalue weighted by Gasteiger charge is 2.37. The summed E-state index contributed by atoms with van der Waals surface area (Å²) in [7, 11) is 0. The van der Waals surface area contributed by atoms with Crippen molar-refractivity contribution in [2.75, 3.05) is 19.6 Å². The van der Waals surface area contributed by atoms with Crippen LogP contribution < -0.4 is 0 Å². The fourth-order valence-electron chi connectivity index (χ4n) is 2.72. The van der Waals surface area contributed by atoms with Crippen LogP contribution in [0.3, 0.4) is 0 Å². The van der Waals surface area contributed by atoms with E-state index in [2.05, 4.69) is 0 Å². The van der Waals surface area contributed by atoms with E-state index in [9.17, 15) is 9.59 Å². The van der Waals surface area contributed by atoms with E-state index in [-0.39, 0.29) is 12.5 Å². The molecular weight excluding hydrogens is 220 g/mol. The standard InChI is InChI=1S/C12H20N2O3/c15-11(16)6-2-3-7-13-9-10-5-1-4-8-14(10)12(13)17/h10H,1-9H2,(H,15,16). The van der Waals surface area contributed by atoms with Crippen LogP contribution in [0.25, 0.3) is 0 Å². The largest absolute Gasteiger partial charge is 0.481 e. The van der Waals surface area contributed by atoms with Gasteiger partial charge in [0.25, 0.3) is 0 Å². The molecule has 2 aliphatic rings. The molecule has 0 aromatic carbocycles. The Kier molecular flexibility index (Phi) is 3.86. The molecule has 2 fully saturated rings. The predicted molar refractivity (Wildman–Crippen MR) is 62.8 cm³/mol. The third kappa shape index (κ3) is 2.90. The second-order valence-corrected chi connectivity index (χ2v) is 4.92. The Hall–Kier alpha value is -1.26. The fourth-order valence-corrected chi connectivity index (χ4v) is 2.72. The maximum atomic E-state index is 12.0. The van der Waals surface area contributed by atoms with Crippen LogP contribution in [0.1, 0.15) is 38.5 Å². The van der Waals surface area contributed by atoms with Crippen LogP contribution in [-0.2, 0) is 4.79 Å². The maximum Gasteiger partial charge on any atom is 0.320 e. The van der Waals surface area contributed by atoms with Crippen molar-refractivity contribution in [2.24, 2.45) is 0 Å². The Balaban J connectivity index is 1.74.